The summed E-state index contributed by atoms with van der Waals surface area (Å²) in [7, 11) is 0. The Labute approximate surface area is 123 Å². The molecule has 0 aromatic carbocycles. The zero-order valence-corrected chi connectivity index (χ0v) is 11.5. The van der Waals surface area contributed by atoms with Crippen LogP contribution < -0.4 is 0 Å². The van der Waals surface area contributed by atoms with Crippen molar-refractivity contribution in [3.63, 3.8) is 0 Å². The van der Waals surface area contributed by atoms with E-state index in [2.05, 4.69) is 0 Å². The van der Waals surface area contributed by atoms with Crippen LogP contribution in [0.15, 0.2) is 0 Å². The molecule has 0 aromatic rings. The van der Waals surface area contributed by atoms with Crippen molar-refractivity contribution in [2.24, 2.45) is 0 Å². The molecular weight excluding hydrogens is 309 g/mol. The predicted octanol–water partition coefficient (Wildman–Crippen LogP) is 0.571. The van der Waals surface area contributed by atoms with E-state index in [1.165, 1.54) is 0 Å². The van der Waals surface area contributed by atoms with Gasteiger partial charge in [0.25, 0.3) is 5.91 Å². The highest BCUT2D eigenvalue weighted by Crippen LogP contribution is 2.39. The molecule has 0 aromatic heterocycles. The topological polar surface area (TPSA) is 98.2 Å². The molecule has 22 heavy (non-hydrogen) atoms. The molecule has 1 saturated carbocycles. The first-order valence-corrected chi connectivity index (χ1v) is 6.71. The number of rotatable bonds is 0. The SMILES string of the molecule is O=C(O)N1CCN(C(=O)C(F)(F)F)[C@]2(CC[C@@H](O)CC2)C1=O. The van der Waals surface area contributed by atoms with Gasteiger partial charge in [0.15, 0.2) is 0 Å². The molecule has 0 bridgehead atoms. The number of hydrogen-bond acceptors (Lipinski definition) is 4. The fourth-order valence-corrected chi connectivity index (χ4v) is 3.08. The Bertz CT molecular complexity index is 499. The summed E-state index contributed by atoms with van der Waals surface area (Å²) < 4.78 is 38.2. The lowest BCUT2D eigenvalue weighted by Gasteiger charge is -2.50. The normalized spacial score (nSPS) is 29.8. The molecule has 3 amide bonds. The molecule has 1 aliphatic heterocycles. The van der Waals surface area contributed by atoms with Gasteiger partial charge in [-0.3, -0.25) is 9.59 Å². The molecule has 1 aliphatic carbocycles. The molecule has 7 nitrogen and oxygen atoms in total. The van der Waals surface area contributed by atoms with E-state index >= 15 is 0 Å². The first kappa shape index (κ1) is 16.5. The van der Waals surface area contributed by atoms with Gasteiger partial charge in [-0.05, 0) is 25.7 Å². The van der Waals surface area contributed by atoms with E-state index in [1.54, 1.807) is 0 Å². The van der Waals surface area contributed by atoms with Gasteiger partial charge >= 0.3 is 18.2 Å². The molecular formula is C12H15F3N2O5. The largest absolute Gasteiger partial charge is 0.471 e. The third-order valence-corrected chi connectivity index (χ3v) is 4.21. The number of carboxylic acid groups (broad SMARTS) is 1. The number of hydrogen-bond donors (Lipinski definition) is 2. The molecule has 10 heteroatoms. The Hall–Kier alpha value is -1.84. The van der Waals surface area contributed by atoms with Crippen LogP contribution in [0.1, 0.15) is 25.7 Å². The van der Waals surface area contributed by atoms with Crippen molar-refractivity contribution in [3.8, 4) is 0 Å². The van der Waals surface area contributed by atoms with Gasteiger partial charge in [0.2, 0.25) is 0 Å². The Kier molecular flexibility index (Phi) is 4.07. The highest BCUT2D eigenvalue weighted by atomic mass is 19.4. The van der Waals surface area contributed by atoms with Crippen molar-refractivity contribution in [1.82, 2.24) is 9.80 Å². The van der Waals surface area contributed by atoms with Crippen LogP contribution in [-0.2, 0) is 9.59 Å². The van der Waals surface area contributed by atoms with Crippen LogP contribution in [0.2, 0.25) is 0 Å². The number of alkyl halides is 3. The van der Waals surface area contributed by atoms with E-state index in [-0.39, 0.29) is 25.7 Å². The molecule has 1 spiro atoms. The first-order chi connectivity index (χ1) is 10.1. The Morgan fingerprint density at radius 2 is 1.73 bits per heavy atom. The number of carbonyl (C=O) groups is 3. The van der Waals surface area contributed by atoms with Gasteiger partial charge in [-0.25, -0.2) is 9.69 Å². The van der Waals surface area contributed by atoms with Crippen molar-refractivity contribution in [1.29, 1.82) is 0 Å². The Balaban J connectivity index is 2.39. The van der Waals surface area contributed by atoms with Crippen LogP contribution in [-0.4, -0.2) is 68.8 Å². The third kappa shape index (κ3) is 2.62. The van der Waals surface area contributed by atoms with E-state index in [9.17, 15) is 32.7 Å². The summed E-state index contributed by atoms with van der Waals surface area (Å²) in [6.07, 6.45) is -7.82. The molecule has 0 unspecified atom stereocenters. The summed E-state index contributed by atoms with van der Waals surface area (Å²) in [6, 6.07) is 0. The minimum absolute atomic E-state index is 0.0286. The van der Waals surface area contributed by atoms with Gasteiger partial charge < -0.3 is 15.1 Å². The fourth-order valence-electron chi connectivity index (χ4n) is 3.08. The van der Waals surface area contributed by atoms with Crippen LogP contribution in [0.25, 0.3) is 0 Å². The van der Waals surface area contributed by atoms with Gasteiger partial charge in [0, 0.05) is 13.1 Å². The average Bonchev–Trinajstić information content (AvgIpc) is 2.42. The fraction of sp³-hybridized carbons (Fsp3) is 0.750. The summed E-state index contributed by atoms with van der Waals surface area (Å²) in [5.41, 5.74) is -1.84. The van der Waals surface area contributed by atoms with Crippen LogP contribution >= 0.6 is 0 Å². The number of nitrogens with zero attached hydrogens (tertiary/aromatic N) is 2. The molecule has 2 N–H and O–H groups in total. The predicted molar refractivity (Wildman–Crippen MR) is 64.7 cm³/mol. The zero-order valence-electron chi connectivity index (χ0n) is 11.5. The second kappa shape index (κ2) is 5.41. The molecule has 0 radical (unpaired) electrons. The summed E-state index contributed by atoms with van der Waals surface area (Å²) in [6.45, 7) is -1.01. The molecule has 1 saturated heterocycles. The van der Waals surface area contributed by atoms with E-state index in [1.807, 2.05) is 0 Å². The highest BCUT2D eigenvalue weighted by Gasteiger charge is 2.58. The van der Waals surface area contributed by atoms with Crippen LogP contribution in [0.4, 0.5) is 18.0 Å². The molecule has 2 aliphatic rings. The molecule has 0 atom stereocenters. The van der Waals surface area contributed by atoms with Gasteiger partial charge in [0.05, 0.1) is 6.10 Å². The number of imide groups is 1. The van der Waals surface area contributed by atoms with Crippen molar-refractivity contribution in [2.45, 2.75) is 43.5 Å². The number of halogens is 3. The monoisotopic (exact) mass is 324 g/mol. The molecule has 2 fully saturated rings. The molecule has 2 rings (SSSR count). The van der Waals surface area contributed by atoms with Gasteiger partial charge in [-0.2, -0.15) is 13.2 Å². The Morgan fingerprint density at radius 3 is 2.18 bits per heavy atom. The molecule has 124 valence electrons. The van der Waals surface area contributed by atoms with Crippen LogP contribution in [0.3, 0.4) is 0 Å². The zero-order chi connectivity index (χ0) is 16.7. The number of carbonyl (C=O) groups excluding carboxylic acids is 2. The lowest BCUT2D eigenvalue weighted by atomic mass is 9.76. The van der Waals surface area contributed by atoms with Gasteiger partial charge in [0.1, 0.15) is 5.54 Å². The number of aliphatic hydroxyl groups excluding tert-OH is 1. The third-order valence-electron chi connectivity index (χ3n) is 4.21. The number of piperazine rings is 1. The van der Waals surface area contributed by atoms with Crippen LogP contribution in [0, 0.1) is 0 Å². The summed E-state index contributed by atoms with van der Waals surface area (Å²) in [4.78, 5) is 35.9. The summed E-state index contributed by atoms with van der Waals surface area (Å²) >= 11 is 0. The second-order valence-electron chi connectivity index (χ2n) is 5.46. The number of amides is 3. The quantitative estimate of drug-likeness (QED) is 0.679. The summed E-state index contributed by atoms with van der Waals surface area (Å²) in [5, 5.41) is 18.5. The number of aliphatic hydroxyl groups is 1. The maximum Gasteiger partial charge on any atom is 0.471 e. The second-order valence-corrected chi connectivity index (χ2v) is 5.46. The minimum atomic E-state index is -5.14. The van der Waals surface area contributed by atoms with Crippen molar-refractivity contribution in [3.05, 3.63) is 0 Å². The van der Waals surface area contributed by atoms with E-state index in [0.717, 1.165) is 0 Å². The van der Waals surface area contributed by atoms with Gasteiger partial charge in [-0.1, -0.05) is 0 Å². The van der Waals surface area contributed by atoms with Crippen molar-refractivity contribution in [2.75, 3.05) is 13.1 Å². The van der Waals surface area contributed by atoms with E-state index in [4.69, 9.17) is 5.11 Å². The average molecular weight is 324 g/mol. The minimum Gasteiger partial charge on any atom is -0.465 e. The first-order valence-electron chi connectivity index (χ1n) is 6.71. The maximum atomic E-state index is 12.7. The highest BCUT2D eigenvalue weighted by molar-refractivity contribution is 6.01. The Morgan fingerprint density at radius 1 is 1.18 bits per heavy atom. The molecule has 1 heterocycles. The lowest BCUT2D eigenvalue weighted by Crippen LogP contribution is -2.70. The van der Waals surface area contributed by atoms with Crippen LogP contribution in [0.5, 0.6) is 0 Å². The van der Waals surface area contributed by atoms with Gasteiger partial charge in [-0.15, -0.1) is 0 Å². The smallest absolute Gasteiger partial charge is 0.465 e. The van der Waals surface area contributed by atoms with E-state index in [0.29, 0.717) is 9.80 Å². The summed E-state index contributed by atoms with van der Waals surface area (Å²) in [5.74, 6) is -3.18. The standard InChI is InChI=1S/C12H15F3N2O5/c13-12(14,15)9(20)17-6-5-16(10(21)22)8(19)11(17)3-1-7(18)2-4-11/h7,18H,1-6H2,(H,21,22)/t7-,11+. The van der Waals surface area contributed by atoms with E-state index < -0.39 is 48.8 Å². The van der Waals surface area contributed by atoms with Crippen molar-refractivity contribution >= 4 is 17.9 Å². The lowest BCUT2D eigenvalue weighted by molar-refractivity contribution is -0.199. The van der Waals surface area contributed by atoms with Crippen molar-refractivity contribution < 1.29 is 37.8 Å². The maximum absolute atomic E-state index is 12.7.